The minimum absolute atomic E-state index is 0.161. The minimum atomic E-state index is -0.161. The highest BCUT2D eigenvalue weighted by molar-refractivity contribution is 7.98. The van der Waals surface area contributed by atoms with Gasteiger partial charge >= 0.3 is 0 Å². The van der Waals surface area contributed by atoms with E-state index >= 15 is 0 Å². The number of hydrogen-bond donors (Lipinski definition) is 1. The third kappa shape index (κ3) is 5.25. The van der Waals surface area contributed by atoms with Crippen LogP contribution in [0.2, 0.25) is 0 Å². The van der Waals surface area contributed by atoms with E-state index in [0.29, 0.717) is 40.0 Å². The number of H-pyrrole nitrogens is 1. The first-order valence-corrected chi connectivity index (χ1v) is 10.9. The number of aromatic amines is 1. The molecule has 160 valence electrons. The molecule has 4 aromatic rings. The van der Waals surface area contributed by atoms with Crippen molar-refractivity contribution >= 4 is 11.8 Å². The highest BCUT2D eigenvalue weighted by atomic mass is 32.2. The predicted molar refractivity (Wildman–Crippen MR) is 123 cm³/mol. The molecule has 0 bridgehead atoms. The van der Waals surface area contributed by atoms with Crippen molar-refractivity contribution in [3.8, 4) is 17.6 Å². The minimum Gasteiger partial charge on any atom is -0.456 e. The van der Waals surface area contributed by atoms with Crippen molar-refractivity contribution in [2.24, 2.45) is 7.05 Å². The van der Waals surface area contributed by atoms with Crippen LogP contribution in [0.15, 0.2) is 71.0 Å². The Balaban J connectivity index is 1.42. The van der Waals surface area contributed by atoms with Crippen molar-refractivity contribution in [3.63, 3.8) is 0 Å². The summed E-state index contributed by atoms with van der Waals surface area (Å²) in [6, 6.07) is 15.4. The van der Waals surface area contributed by atoms with Crippen LogP contribution >= 0.6 is 11.8 Å². The maximum absolute atomic E-state index is 12.4. The van der Waals surface area contributed by atoms with Crippen LogP contribution in [-0.2, 0) is 19.2 Å². The Morgan fingerprint density at radius 2 is 2.06 bits per heavy atom. The van der Waals surface area contributed by atoms with E-state index in [1.54, 1.807) is 29.2 Å². The molecule has 0 saturated heterocycles. The molecule has 0 spiro atoms. The fraction of sp³-hybridized carbons (Fsp3) is 0.167. The second kappa shape index (κ2) is 9.54. The molecule has 0 aliphatic heterocycles. The molecule has 0 fully saturated rings. The first-order chi connectivity index (χ1) is 15.5. The van der Waals surface area contributed by atoms with Gasteiger partial charge < -0.3 is 9.72 Å². The van der Waals surface area contributed by atoms with Crippen molar-refractivity contribution in [1.29, 1.82) is 5.26 Å². The first-order valence-electron chi connectivity index (χ1n) is 9.96. The molecule has 2 heterocycles. The second-order valence-corrected chi connectivity index (χ2v) is 8.36. The topological polar surface area (TPSA) is 96.6 Å². The number of aryl methyl sites for hydroxylation is 2. The van der Waals surface area contributed by atoms with Crippen LogP contribution in [0.5, 0.6) is 11.5 Å². The third-order valence-corrected chi connectivity index (χ3v) is 5.72. The van der Waals surface area contributed by atoms with Crippen LogP contribution in [0, 0.1) is 18.3 Å². The number of rotatable bonds is 7. The molecule has 0 atom stereocenters. The Labute approximate surface area is 189 Å². The normalized spacial score (nSPS) is 10.7. The second-order valence-electron chi connectivity index (χ2n) is 7.39. The zero-order valence-corrected chi connectivity index (χ0v) is 18.5. The van der Waals surface area contributed by atoms with Crippen molar-refractivity contribution in [1.82, 2.24) is 19.7 Å². The molecule has 0 unspecified atom stereocenters. The largest absolute Gasteiger partial charge is 0.456 e. The molecule has 2 aromatic heterocycles. The molecular formula is C24H21N5O2S. The Kier molecular flexibility index (Phi) is 6.38. The van der Waals surface area contributed by atoms with E-state index in [1.807, 2.05) is 50.5 Å². The van der Waals surface area contributed by atoms with Crippen LogP contribution in [0.3, 0.4) is 0 Å². The lowest BCUT2D eigenvalue weighted by atomic mass is 10.1. The summed E-state index contributed by atoms with van der Waals surface area (Å²) in [7, 11) is 1.84. The van der Waals surface area contributed by atoms with Crippen molar-refractivity contribution in [2.45, 2.75) is 24.3 Å². The summed E-state index contributed by atoms with van der Waals surface area (Å²) >= 11 is 1.40. The average Bonchev–Trinajstić information content (AvgIpc) is 3.19. The summed E-state index contributed by atoms with van der Waals surface area (Å²) in [6.07, 6.45) is 5.70. The lowest BCUT2D eigenvalue weighted by Crippen LogP contribution is -2.14. The molecule has 7 nitrogen and oxygen atoms in total. The number of nitriles is 1. The zero-order chi connectivity index (χ0) is 22.5. The van der Waals surface area contributed by atoms with E-state index in [4.69, 9.17) is 4.74 Å². The maximum atomic E-state index is 12.4. The Morgan fingerprint density at radius 3 is 2.78 bits per heavy atom. The molecule has 0 saturated carbocycles. The number of hydrogen-bond acceptors (Lipinski definition) is 6. The van der Waals surface area contributed by atoms with E-state index < -0.39 is 0 Å². The van der Waals surface area contributed by atoms with Crippen LogP contribution < -0.4 is 10.3 Å². The van der Waals surface area contributed by atoms with Crippen molar-refractivity contribution in [3.05, 3.63) is 99.2 Å². The van der Waals surface area contributed by atoms with Gasteiger partial charge in [-0.2, -0.15) is 10.4 Å². The molecule has 1 N–H and O–H groups in total. The SMILES string of the molecule is Cc1cccc(Oc2ccc(CSc3ncc(Cc4cnn(C)c4)c(=O)[nH]3)cc2C#N)c1. The molecular weight excluding hydrogens is 422 g/mol. The quantitative estimate of drug-likeness (QED) is 0.337. The summed E-state index contributed by atoms with van der Waals surface area (Å²) < 4.78 is 7.59. The Hall–Kier alpha value is -3.83. The molecule has 0 aliphatic rings. The van der Waals surface area contributed by atoms with E-state index in [9.17, 15) is 10.1 Å². The molecule has 2 aromatic carbocycles. The zero-order valence-electron chi connectivity index (χ0n) is 17.7. The van der Waals surface area contributed by atoms with Gasteiger partial charge in [0.15, 0.2) is 5.16 Å². The fourth-order valence-corrected chi connectivity index (χ4v) is 3.96. The molecule has 4 rings (SSSR count). The lowest BCUT2D eigenvalue weighted by Gasteiger charge is -2.09. The van der Waals surface area contributed by atoms with Gasteiger partial charge in [-0.1, -0.05) is 30.0 Å². The fourth-order valence-electron chi connectivity index (χ4n) is 3.19. The number of thioether (sulfide) groups is 1. The van der Waals surface area contributed by atoms with Crippen LogP contribution in [0.1, 0.15) is 27.8 Å². The third-order valence-electron chi connectivity index (χ3n) is 4.76. The maximum Gasteiger partial charge on any atom is 0.255 e. The number of nitrogens with zero attached hydrogens (tertiary/aromatic N) is 4. The number of benzene rings is 2. The molecule has 8 heteroatoms. The number of aromatic nitrogens is 4. The lowest BCUT2D eigenvalue weighted by molar-refractivity contribution is 0.480. The standard InChI is InChI=1S/C24H21N5O2S/c1-16-4-3-5-21(8-16)31-22-7-6-17(9-19(22)11-25)15-32-24-26-13-20(23(30)28-24)10-18-12-27-29(2)14-18/h3-9,12-14H,10,15H2,1-2H3,(H,26,28,30). The van der Waals surface area contributed by atoms with Crippen LogP contribution in [0.25, 0.3) is 0 Å². The predicted octanol–water partition coefficient (Wildman–Crippen LogP) is 4.36. The summed E-state index contributed by atoms with van der Waals surface area (Å²) in [5, 5.41) is 14.2. The van der Waals surface area contributed by atoms with E-state index in [0.717, 1.165) is 16.7 Å². The average molecular weight is 444 g/mol. The number of ether oxygens (including phenoxy) is 1. The van der Waals surface area contributed by atoms with E-state index in [-0.39, 0.29) is 5.56 Å². The van der Waals surface area contributed by atoms with Crippen LogP contribution in [0.4, 0.5) is 0 Å². The van der Waals surface area contributed by atoms with E-state index in [1.165, 1.54) is 11.8 Å². The summed E-state index contributed by atoms with van der Waals surface area (Å²) in [4.78, 5) is 19.6. The number of nitrogens with one attached hydrogen (secondary N) is 1. The van der Waals surface area contributed by atoms with Crippen molar-refractivity contribution < 1.29 is 4.74 Å². The van der Waals surface area contributed by atoms with Gasteiger partial charge in [0.2, 0.25) is 0 Å². The summed E-state index contributed by atoms with van der Waals surface area (Å²) in [5.41, 5.74) is 3.86. The van der Waals surface area contributed by atoms with Gasteiger partial charge in [0.25, 0.3) is 5.56 Å². The van der Waals surface area contributed by atoms with Crippen molar-refractivity contribution in [2.75, 3.05) is 0 Å². The summed E-state index contributed by atoms with van der Waals surface area (Å²) in [6.45, 7) is 1.99. The van der Waals surface area contributed by atoms with Gasteiger partial charge in [-0.05, 0) is 47.9 Å². The van der Waals surface area contributed by atoms with Gasteiger partial charge in [0.1, 0.15) is 17.6 Å². The first kappa shape index (κ1) is 21.4. The molecule has 0 radical (unpaired) electrons. The molecule has 0 amide bonds. The molecule has 0 aliphatic carbocycles. The highest BCUT2D eigenvalue weighted by Gasteiger charge is 2.09. The van der Waals surface area contributed by atoms with Gasteiger partial charge in [0, 0.05) is 37.2 Å². The van der Waals surface area contributed by atoms with Gasteiger partial charge in [-0.3, -0.25) is 9.48 Å². The summed E-state index contributed by atoms with van der Waals surface area (Å²) in [5.74, 6) is 1.76. The van der Waals surface area contributed by atoms with Gasteiger partial charge in [-0.25, -0.2) is 4.98 Å². The Morgan fingerprint density at radius 1 is 1.19 bits per heavy atom. The highest BCUT2D eigenvalue weighted by Crippen LogP contribution is 2.28. The van der Waals surface area contributed by atoms with Crippen LogP contribution in [-0.4, -0.2) is 19.7 Å². The Bertz CT molecular complexity index is 1350. The van der Waals surface area contributed by atoms with Gasteiger partial charge in [0.05, 0.1) is 11.8 Å². The monoisotopic (exact) mass is 443 g/mol. The molecule has 32 heavy (non-hydrogen) atoms. The smallest absolute Gasteiger partial charge is 0.255 e. The van der Waals surface area contributed by atoms with E-state index in [2.05, 4.69) is 21.1 Å². The van der Waals surface area contributed by atoms with Gasteiger partial charge in [-0.15, -0.1) is 0 Å².